The fraction of sp³-hybridized carbons (Fsp3) is 0.158. The van der Waals surface area contributed by atoms with Gasteiger partial charge in [0.2, 0.25) is 0 Å². The first-order valence-corrected chi connectivity index (χ1v) is 8.87. The molecule has 0 radical (unpaired) electrons. The number of aryl methyl sites for hydroxylation is 2. The number of hydrogen-bond donors (Lipinski definition) is 1. The van der Waals surface area contributed by atoms with Crippen molar-refractivity contribution in [3.8, 4) is 5.75 Å². The van der Waals surface area contributed by atoms with Gasteiger partial charge >= 0.3 is 0 Å². The number of amides is 1. The van der Waals surface area contributed by atoms with Gasteiger partial charge in [-0.15, -0.1) is 0 Å². The smallest absolute Gasteiger partial charge is 0.266 e. The molecule has 1 saturated heterocycles. The second-order valence-electron chi connectivity index (χ2n) is 5.82. The van der Waals surface area contributed by atoms with Gasteiger partial charge in [0.15, 0.2) is 5.17 Å². The van der Waals surface area contributed by atoms with E-state index < -0.39 is 0 Å². The highest BCUT2D eigenvalue weighted by molar-refractivity contribution is 8.18. The Bertz CT molecular complexity index is 898. The van der Waals surface area contributed by atoms with Crippen molar-refractivity contribution in [2.45, 2.75) is 13.8 Å². The third kappa shape index (κ3) is 3.57. The van der Waals surface area contributed by atoms with Crippen molar-refractivity contribution < 1.29 is 9.90 Å². The Kier molecular flexibility index (Phi) is 4.88. The van der Waals surface area contributed by atoms with E-state index in [2.05, 4.69) is 4.99 Å². The summed E-state index contributed by atoms with van der Waals surface area (Å²) in [4.78, 5) is 19.1. The summed E-state index contributed by atoms with van der Waals surface area (Å²) in [5, 5.41) is 11.0. The van der Waals surface area contributed by atoms with E-state index >= 15 is 0 Å². The summed E-state index contributed by atoms with van der Waals surface area (Å²) < 4.78 is 0. The summed E-state index contributed by atoms with van der Waals surface area (Å²) in [5.74, 6) is 0.171. The highest BCUT2D eigenvalue weighted by Crippen LogP contribution is 2.35. The lowest BCUT2D eigenvalue weighted by molar-refractivity contribution is -0.121. The molecular formula is C19H17ClN2O2S. The molecule has 4 nitrogen and oxygen atoms in total. The number of nitrogens with zero attached hydrogens (tertiary/aromatic N) is 2. The molecule has 0 spiro atoms. The largest absolute Gasteiger partial charge is 0.507 e. The lowest BCUT2D eigenvalue weighted by Crippen LogP contribution is -2.23. The monoisotopic (exact) mass is 372 g/mol. The van der Waals surface area contributed by atoms with E-state index in [0.29, 0.717) is 20.8 Å². The van der Waals surface area contributed by atoms with Gasteiger partial charge in [-0.25, -0.2) is 4.99 Å². The average Bonchev–Trinajstić information content (AvgIpc) is 2.83. The number of thioether (sulfide) groups is 1. The third-order valence-electron chi connectivity index (χ3n) is 3.88. The maximum Gasteiger partial charge on any atom is 0.266 e. The number of aromatic hydroxyl groups is 1. The van der Waals surface area contributed by atoms with Gasteiger partial charge in [-0.3, -0.25) is 9.69 Å². The molecule has 2 aromatic rings. The third-order valence-corrected chi connectivity index (χ3v) is 5.26. The van der Waals surface area contributed by atoms with Gasteiger partial charge in [0.25, 0.3) is 5.91 Å². The van der Waals surface area contributed by atoms with Crippen molar-refractivity contribution in [2.75, 3.05) is 7.05 Å². The second kappa shape index (κ2) is 6.94. The van der Waals surface area contributed by atoms with Crippen molar-refractivity contribution in [1.82, 2.24) is 4.90 Å². The normalized spacial score (nSPS) is 17.8. The van der Waals surface area contributed by atoms with E-state index in [9.17, 15) is 9.90 Å². The fourth-order valence-electron chi connectivity index (χ4n) is 2.52. The van der Waals surface area contributed by atoms with Crippen LogP contribution >= 0.6 is 23.4 Å². The maximum absolute atomic E-state index is 12.5. The molecule has 0 aliphatic carbocycles. The minimum absolute atomic E-state index is 0.112. The first-order chi connectivity index (χ1) is 11.9. The van der Waals surface area contributed by atoms with E-state index in [0.717, 1.165) is 16.7 Å². The molecule has 1 aliphatic heterocycles. The summed E-state index contributed by atoms with van der Waals surface area (Å²) in [5.41, 5.74) is 3.06. The van der Waals surface area contributed by atoms with E-state index in [1.807, 2.05) is 50.3 Å². The summed E-state index contributed by atoms with van der Waals surface area (Å²) in [7, 11) is 1.69. The van der Waals surface area contributed by atoms with Gasteiger partial charge in [-0.1, -0.05) is 23.7 Å². The lowest BCUT2D eigenvalue weighted by atomic mass is 10.1. The molecule has 0 aromatic heterocycles. The van der Waals surface area contributed by atoms with Crippen molar-refractivity contribution in [3.63, 3.8) is 0 Å². The van der Waals surface area contributed by atoms with Gasteiger partial charge < -0.3 is 5.11 Å². The average molecular weight is 373 g/mol. The first-order valence-electron chi connectivity index (χ1n) is 7.68. The fourth-order valence-corrected chi connectivity index (χ4v) is 3.68. The van der Waals surface area contributed by atoms with E-state index in [1.54, 1.807) is 13.1 Å². The molecule has 25 heavy (non-hydrogen) atoms. The van der Waals surface area contributed by atoms with Gasteiger partial charge in [-0.2, -0.15) is 0 Å². The molecule has 0 unspecified atom stereocenters. The van der Waals surface area contributed by atoms with Gasteiger partial charge in [0.05, 0.1) is 15.6 Å². The highest BCUT2D eigenvalue weighted by atomic mass is 35.5. The highest BCUT2D eigenvalue weighted by Gasteiger charge is 2.30. The minimum atomic E-state index is -0.112. The Balaban J connectivity index is 1.95. The van der Waals surface area contributed by atoms with E-state index in [1.165, 1.54) is 16.7 Å². The zero-order valence-electron chi connectivity index (χ0n) is 14.1. The number of carbonyl (C=O) groups is 1. The second-order valence-corrected chi connectivity index (χ2v) is 7.24. The van der Waals surface area contributed by atoms with Crippen LogP contribution in [0.4, 0.5) is 5.69 Å². The number of hydrogen-bond acceptors (Lipinski definition) is 4. The molecule has 1 heterocycles. The Hall–Kier alpha value is -2.24. The Morgan fingerprint density at radius 2 is 1.84 bits per heavy atom. The maximum atomic E-state index is 12.5. The minimum Gasteiger partial charge on any atom is -0.507 e. The van der Waals surface area contributed by atoms with Crippen LogP contribution < -0.4 is 0 Å². The molecule has 1 N–H and O–H groups in total. The predicted octanol–water partition coefficient (Wildman–Crippen LogP) is 4.90. The zero-order chi connectivity index (χ0) is 18.1. The van der Waals surface area contributed by atoms with Crippen LogP contribution in [0, 0.1) is 13.8 Å². The van der Waals surface area contributed by atoms with Gasteiger partial charge in [0.1, 0.15) is 5.75 Å². The van der Waals surface area contributed by atoms with Crippen molar-refractivity contribution >= 4 is 46.2 Å². The van der Waals surface area contributed by atoms with Crippen LogP contribution in [0.3, 0.4) is 0 Å². The standard InChI is InChI=1S/C19H17ClN2O2S/c1-11-8-13(9-12(2)17(11)23)10-16-18(24)22(3)19(25-16)21-15-7-5-4-6-14(15)20/h4-10,23H,1-3H3/b16-10+,21-19?. The molecule has 0 bridgehead atoms. The number of rotatable bonds is 2. The summed E-state index contributed by atoms with van der Waals surface area (Å²) in [6.45, 7) is 3.68. The number of carbonyl (C=O) groups excluding carboxylic acids is 1. The molecule has 0 atom stereocenters. The van der Waals surface area contributed by atoms with Crippen LogP contribution in [0.1, 0.15) is 16.7 Å². The van der Waals surface area contributed by atoms with E-state index in [-0.39, 0.29) is 11.7 Å². The van der Waals surface area contributed by atoms with E-state index in [4.69, 9.17) is 11.6 Å². The zero-order valence-corrected chi connectivity index (χ0v) is 15.6. The number of benzene rings is 2. The Morgan fingerprint density at radius 3 is 2.48 bits per heavy atom. The SMILES string of the molecule is Cc1cc(/C=C2/SC(=Nc3ccccc3Cl)N(C)C2=O)cc(C)c1O. The lowest BCUT2D eigenvalue weighted by Gasteiger charge is -2.07. The summed E-state index contributed by atoms with van der Waals surface area (Å²) in [6.07, 6.45) is 1.82. The molecule has 3 rings (SSSR count). The Labute approximate surface area is 155 Å². The topological polar surface area (TPSA) is 52.9 Å². The molecule has 0 saturated carbocycles. The molecule has 1 aliphatic rings. The van der Waals surface area contributed by atoms with Crippen LogP contribution in [0.15, 0.2) is 46.3 Å². The number of para-hydroxylation sites is 1. The van der Waals surface area contributed by atoms with Crippen LogP contribution in [-0.4, -0.2) is 28.1 Å². The van der Waals surface area contributed by atoms with Crippen LogP contribution in [0.5, 0.6) is 5.75 Å². The summed E-state index contributed by atoms with van der Waals surface area (Å²) in [6, 6.07) is 11.0. The van der Waals surface area contributed by atoms with Crippen molar-refractivity contribution in [2.24, 2.45) is 4.99 Å². The number of likely N-dealkylation sites (N-methyl/N-ethyl adjacent to an activating group) is 1. The van der Waals surface area contributed by atoms with Crippen LogP contribution in [-0.2, 0) is 4.79 Å². The van der Waals surface area contributed by atoms with Crippen LogP contribution in [0.25, 0.3) is 6.08 Å². The number of phenols is 1. The van der Waals surface area contributed by atoms with Crippen molar-refractivity contribution in [1.29, 1.82) is 0 Å². The van der Waals surface area contributed by atoms with Gasteiger partial charge in [-0.05, 0) is 72.6 Å². The number of halogens is 1. The van der Waals surface area contributed by atoms with Crippen molar-refractivity contribution in [3.05, 3.63) is 63.0 Å². The molecule has 1 amide bonds. The number of aliphatic imine (C=N–C) groups is 1. The number of phenolic OH excluding ortho intramolecular Hbond substituents is 1. The van der Waals surface area contributed by atoms with Gasteiger partial charge in [0, 0.05) is 7.05 Å². The molecular weight excluding hydrogens is 356 g/mol. The summed E-state index contributed by atoms with van der Waals surface area (Å²) >= 11 is 7.45. The quantitative estimate of drug-likeness (QED) is 0.763. The predicted molar refractivity (Wildman–Crippen MR) is 104 cm³/mol. The Morgan fingerprint density at radius 1 is 1.20 bits per heavy atom. The molecule has 6 heteroatoms. The number of amidine groups is 1. The molecule has 1 fully saturated rings. The molecule has 128 valence electrons. The van der Waals surface area contributed by atoms with Crippen LogP contribution in [0.2, 0.25) is 5.02 Å². The first kappa shape index (κ1) is 17.6. The molecule has 2 aromatic carbocycles.